The fourth-order valence-electron chi connectivity index (χ4n) is 1.88. The van der Waals surface area contributed by atoms with Gasteiger partial charge in [0.1, 0.15) is 11.4 Å². The van der Waals surface area contributed by atoms with E-state index >= 15 is 0 Å². The summed E-state index contributed by atoms with van der Waals surface area (Å²) in [4.78, 5) is 19.7. The Labute approximate surface area is 117 Å². The van der Waals surface area contributed by atoms with E-state index in [9.17, 15) is 9.90 Å². The van der Waals surface area contributed by atoms with Crippen LogP contribution in [0.1, 0.15) is 29.8 Å². The molecule has 5 heteroatoms. The summed E-state index contributed by atoms with van der Waals surface area (Å²) in [5, 5.41) is 12.2. The van der Waals surface area contributed by atoms with Crippen molar-refractivity contribution in [3.05, 3.63) is 41.6 Å². The summed E-state index contributed by atoms with van der Waals surface area (Å²) in [7, 11) is 0. The number of carboxylic acids is 1. The molecule has 0 aliphatic rings. The van der Waals surface area contributed by atoms with Crippen LogP contribution in [-0.4, -0.2) is 27.1 Å². The van der Waals surface area contributed by atoms with Crippen LogP contribution in [0.5, 0.6) is 0 Å². The van der Waals surface area contributed by atoms with E-state index in [-0.39, 0.29) is 11.6 Å². The Balaban J connectivity index is 2.52. The van der Waals surface area contributed by atoms with Gasteiger partial charge in [0.25, 0.3) is 0 Å². The predicted octanol–water partition coefficient (Wildman–Crippen LogP) is 2.97. The zero-order valence-corrected chi connectivity index (χ0v) is 11.7. The summed E-state index contributed by atoms with van der Waals surface area (Å²) in [5.41, 5.74) is 2.03. The zero-order chi connectivity index (χ0) is 14.7. The molecule has 0 bridgehead atoms. The largest absolute Gasteiger partial charge is 0.477 e. The molecule has 0 spiro atoms. The van der Waals surface area contributed by atoms with E-state index in [1.807, 2.05) is 45.0 Å². The molecule has 1 aromatic heterocycles. The number of benzene rings is 1. The molecule has 2 rings (SSSR count). The van der Waals surface area contributed by atoms with Gasteiger partial charge >= 0.3 is 5.97 Å². The number of aromatic carboxylic acids is 1. The first-order chi connectivity index (χ1) is 9.49. The molecular formula is C15H17N3O2. The monoisotopic (exact) mass is 271 g/mol. The van der Waals surface area contributed by atoms with E-state index in [0.29, 0.717) is 11.6 Å². The van der Waals surface area contributed by atoms with Crippen LogP contribution in [0.15, 0.2) is 30.5 Å². The molecule has 1 aromatic carbocycles. The zero-order valence-electron chi connectivity index (χ0n) is 11.7. The van der Waals surface area contributed by atoms with Gasteiger partial charge in [-0.3, -0.25) is 0 Å². The minimum Gasteiger partial charge on any atom is -0.477 e. The average Bonchev–Trinajstić information content (AvgIpc) is 2.38. The van der Waals surface area contributed by atoms with Gasteiger partial charge in [0.2, 0.25) is 0 Å². The van der Waals surface area contributed by atoms with Crippen LogP contribution in [0, 0.1) is 6.92 Å². The van der Waals surface area contributed by atoms with Crippen LogP contribution in [0.25, 0.3) is 11.4 Å². The number of nitrogens with one attached hydrogen (secondary N) is 1. The molecule has 5 nitrogen and oxygen atoms in total. The molecule has 0 unspecified atom stereocenters. The number of aryl methyl sites for hydroxylation is 1. The minimum absolute atomic E-state index is 0.0797. The molecule has 0 atom stereocenters. The normalized spacial score (nSPS) is 10.6. The van der Waals surface area contributed by atoms with E-state index in [4.69, 9.17) is 0 Å². The summed E-state index contributed by atoms with van der Waals surface area (Å²) >= 11 is 0. The van der Waals surface area contributed by atoms with Crippen molar-refractivity contribution < 1.29 is 9.90 Å². The summed E-state index contributed by atoms with van der Waals surface area (Å²) in [6, 6.07) is 7.83. The first-order valence-electron chi connectivity index (χ1n) is 6.42. The number of hydrogen-bond acceptors (Lipinski definition) is 4. The second-order valence-corrected chi connectivity index (χ2v) is 4.88. The Morgan fingerprint density at radius 2 is 2.00 bits per heavy atom. The number of carbonyl (C=O) groups is 1. The molecule has 0 aliphatic carbocycles. The molecular weight excluding hydrogens is 254 g/mol. The van der Waals surface area contributed by atoms with Gasteiger partial charge in [-0.15, -0.1) is 0 Å². The van der Waals surface area contributed by atoms with Crippen molar-refractivity contribution in [1.82, 2.24) is 9.97 Å². The van der Waals surface area contributed by atoms with E-state index in [2.05, 4.69) is 15.3 Å². The lowest BCUT2D eigenvalue weighted by atomic mass is 10.1. The Morgan fingerprint density at radius 1 is 1.30 bits per heavy atom. The van der Waals surface area contributed by atoms with Crippen molar-refractivity contribution in [2.45, 2.75) is 26.8 Å². The maximum atomic E-state index is 11.2. The summed E-state index contributed by atoms with van der Waals surface area (Å²) in [6.45, 7) is 5.84. The molecule has 0 aliphatic heterocycles. The lowest BCUT2D eigenvalue weighted by molar-refractivity contribution is 0.0697. The summed E-state index contributed by atoms with van der Waals surface area (Å²) in [6.07, 6.45) is 1.35. The molecule has 0 fully saturated rings. The third-order valence-corrected chi connectivity index (χ3v) is 2.83. The van der Waals surface area contributed by atoms with E-state index in [1.54, 1.807) is 0 Å². The lowest BCUT2D eigenvalue weighted by Gasteiger charge is -2.13. The molecule has 20 heavy (non-hydrogen) atoms. The van der Waals surface area contributed by atoms with Gasteiger partial charge in [-0.05, 0) is 26.3 Å². The van der Waals surface area contributed by atoms with Gasteiger partial charge in [-0.1, -0.05) is 24.3 Å². The standard InChI is InChI=1S/C15H17N3O2/c1-9(2)17-14-12(15(19)20)8-16-13(18-14)11-7-5-4-6-10(11)3/h4-9H,1-3H3,(H,19,20)(H,16,17,18). The molecule has 2 aromatic rings. The minimum atomic E-state index is -1.04. The number of hydrogen-bond donors (Lipinski definition) is 2. The first kappa shape index (κ1) is 14.0. The second kappa shape index (κ2) is 5.69. The van der Waals surface area contributed by atoms with Gasteiger partial charge in [0.05, 0.1) is 0 Å². The second-order valence-electron chi connectivity index (χ2n) is 4.88. The van der Waals surface area contributed by atoms with Gasteiger partial charge < -0.3 is 10.4 Å². The Bertz CT molecular complexity index is 639. The van der Waals surface area contributed by atoms with Crippen molar-refractivity contribution in [1.29, 1.82) is 0 Å². The van der Waals surface area contributed by atoms with Crippen molar-refractivity contribution in [2.24, 2.45) is 0 Å². The van der Waals surface area contributed by atoms with Crippen LogP contribution in [-0.2, 0) is 0 Å². The van der Waals surface area contributed by atoms with Gasteiger partial charge in [-0.2, -0.15) is 0 Å². The third kappa shape index (κ3) is 2.93. The predicted molar refractivity (Wildman–Crippen MR) is 77.9 cm³/mol. The molecule has 0 radical (unpaired) electrons. The number of nitrogens with zero attached hydrogens (tertiary/aromatic N) is 2. The van der Waals surface area contributed by atoms with Crippen LogP contribution in [0.4, 0.5) is 5.82 Å². The topological polar surface area (TPSA) is 75.1 Å². The quantitative estimate of drug-likeness (QED) is 0.894. The number of aromatic nitrogens is 2. The van der Waals surface area contributed by atoms with Crippen molar-refractivity contribution >= 4 is 11.8 Å². The van der Waals surface area contributed by atoms with Crippen LogP contribution in [0.3, 0.4) is 0 Å². The van der Waals surface area contributed by atoms with Gasteiger partial charge in [0, 0.05) is 17.8 Å². The molecule has 1 heterocycles. The van der Waals surface area contributed by atoms with Crippen LogP contribution >= 0.6 is 0 Å². The van der Waals surface area contributed by atoms with Crippen LogP contribution < -0.4 is 5.32 Å². The van der Waals surface area contributed by atoms with E-state index in [1.165, 1.54) is 6.20 Å². The lowest BCUT2D eigenvalue weighted by Crippen LogP contribution is -2.16. The van der Waals surface area contributed by atoms with E-state index in [0.717, 1.165) is 11.1 Å². The highest BCUT2D eigenvalue weighted by Gasteiger charge is 2.15. The highest BCUT2D eigenvalue weighted by atomic mass is 16.4. The smallest absolute Gasteiger partial charge is 0.341 e. The van der Waals surface area contributed by atoms with Crippen molar-refractivity contribution in [3.8, 4) is 11.4 Å². The molecule has 104 valence electrons. The van der Waals surface area contributed by atoms with Crippen molar-refractivity contribution in [3.63, 3.8) is 0 Å². The first-order valence-corrected chi connectivity index (χ1v) is 6.42. The summed E-state index contributed by atoms with van der Waals surface area (Å²) < 4.78 is 0. The van der Waals surface area contributed by atoms with Gasteiger partial charge in [0.15, 0.2) is 5.82 Å². The highest BCUT2D eigenvalue weighted by molar-refractivity contribution is 5.93. The maximum Gasteiger partial charge on any atom is 0.341 e. The number of anilines is 1. The fraction of sp³-hybridized carbons (Fsp3) is 0.267. The average molecular weight is 271 g/mol. The maximum absolute atomic E-state index is 11.2. The fourth-order valence-corrected chi connectivity index (χ4v) is 1.88. The summed E-state index contributed by atoms with van der Waals surface area (Å²) in [5.74, 6) is -0.165. The molecule has 0 amide bonds. The SMILES string of the molecule is Cc1ccccc1-c1ncc(C(=O)O)c(NC(C)C)n1. The molecule has 0 saturated heterocycles. The van der Waals surface area contributed by atoms with Crippen LogP contribution in [0.2, 0.25) is 0 Å². The number of rotatable bonds is 4. The number of carboxylic acid groups (broad SMARTS) is 1. The van der Waals surface area contributed by atoms with Gasteiger partial charge in [-0.25, -0.2) is 14.8 Å². The Hall–Kier alpha value is -2.43. The third-order valence-electron chi connectivity index (χ3n) is 2.83. The highest BCUT2D eigenvalue weighted by Crippen LogP contribution is 2.22. The Morgan fingerprint density at radius 3 is 2.60 bits per heavy atom. The Kier molecular flexibility index (Phi) is 3.98. The van der Waals surface area contributed by atoms with Crippen molar-refractivity contribution in [2.75, 3.05) is 5.32 Å². The molecule has 2 N–H and O–H groups in total. The molecule has 0 saturated carbocycles. The van der Waals surface area contributed by atoms with E-state index < -0.39 is 5.97 Å².